The molecule has 27 heavy (non-hydrogen) atoms. The number of nitrogens with zero attached hydrogens (tertiary/aromatic N) is 4. The molecule has 1 fully saturated rings. The molecule has 8 heteroatoms. The van der Waals surface area contributed by atoms with Crippen molar-refractivity contribution in [2.75, 3.05) is 37.5 Å². The van der Waals surface area contributed by atoms with Gasteiger partial charge in [-0.3, -0.25) is 0 Å². The zero-order valence-electron chi connectivity index (χ0n) is 15.8. The maximum absolute atomic E-state index is 12.6. The maximum Gasteiger partial charge on any atom is 0.321 e. The minimum absolute atomic E-state index is 0.144. The van der Waals surface area contributed by atoms with Crippen molar-refractivity contribution in [2.45, 2.75) is 25.8 Å². The van der Waals surface area contributed by atoms with Crippen LogP contribution in [0.25, 0.3) is 0 Å². The van der Waals surface area contributed by atoms with E-state index in [1.54, 1.807) is 31.6 Å². The van der Waals surface area contributed by atoms with Gasteiger partial charge in [0.05, 0.1) is 12.8 Å². The molecule has 7 nitrogen and oxygen atoms in total. The van der Waals surface area contributed by atoms with Crippen LogP contribution in [-0.2, 0) is 0 Å². The normalized spacial score (nSPS) is 14.7. The van der Waals surface area contributed by atoms with Crippen molar-refractivity contribution in [2.24, 2.45) is 0 Å². The molecule has 0 atom stereocenters. The molecular formula is C19H24ClN5O2. The number of amides is 2. The lowest BCUT2D eigenvalue weighted by atomic mass is 10.0. The van der Waals surface area contributed by atoms with Crippen molar-refractivity contribution in [1.29, 1.82) is 0 Å². The Morgan fingerprint density at radius 1 is 1.30 bits per heavy atom. The summed E-state index contributed by atoms with van der Waals surface area (Å²) in [6, 6.07) is 7.33. The number of piperidine rings is 1. The Hall–Kier alpha value is -2.54. The van der Waals surface area contributed by atoms with Crippen LogP contribution in [0.15, 0.2) is 30.6 Å². The summed E-state index contributed by atoms with van der Waals surface area (Å²) in [4.78, 5) is 25.1. The molecule has 2 heterocycles. The van der Waals surface area contributed by atoms with Crippen molar-refractivity contribution in [3.63, 3.8) is 0 Å². The molecule has 2 aromatic rings. The first kappa shape index (κ1) is 19.2. The first-order valence-electron chi connectivity index (χ1n) is 8.89. The van der Waals surface area contributed by atoms with Gasteiger partial charge < -0.3 is 19.9 Å². The van der Waals surface area contributed by atoms with Crippen LogP contribution < -0.4 is 15.0 Å². The predicted octanol–water partition coefficient (Wildman–Crippen LogP) is 3.58. The number of anilines is 2. The third-order valence-corrected chi connectivity index (χ3v) is 5.09. The highest BCUT2D eigenvalue weighted by atomic mass is 35.5. The number of ether oxygens (including phenoxy) is 1. The van der Waals surface area contributed by atoms with Gasteiger partial charge in [-0.1, -0.05) is 11.6 Å². The van der Waals surface area contributed by atoms with E-state index in [4.69, 9.17) is 16.3 Å². The molecule has 2 amide bonds. The highest BCUT2D eigenvalue weighted by Gasteiger charge is 2.26. The fraction of sp³-hybridized carbons (Fsp3) is 0.421. The average Bonchev–Trinajstić information content (AvgIpc) is 2.67. The van der Waals surface area contributed by atoms with Gasteiger partial charge in [0.1, 0.15) is 17.9 Å². The molecule has 0 unspecified atom stereocenters. The zero-order valence-corrected chi connectivity index (χ0v) is 16.5. The number of aromatic nitrogens is 2. The second-order valence-electron chi connectivity index (χ2n) is 6.62. The molecule has 0 saturated carbocycles. The van der Waals surface area contributed by atoms with Crippen LogP contribution in [0.4, 0.5) is 16.3 Å². The maximum atomic E-state index is 12.6. The van der Waals surface area contributed by atoms with E-state index in [0.717, 1.165) is 24.4 Å². The van der Waals surface area contributed by atoms with E-state index >= 15 is 0 Å². The Morgan fingerprint density at radius 2 is 2.04 bits per heavy atom. The number of likely N-dealkylation sites (tertiary alicyclic amines) is 1. The van der Waals surface area contributed by atoms with E-state index < -0.39 is 0 Å². The number of aryl methyl sites for hydroxylation is 1. The molecule has 0 bridgehead atoms. The molecule has 0 aliphatic carbocycles. The summed E-state index contributed by atoms with van der Waals surface area (Å²) in [7, 11) is 3.61. The summed E-state index contributed by atoms with van der Waals surface area (Å²) in [5, 5.41) is 3.45. The zero-order chi connectivity index (χ0) is 19.4. The number of halogens is 1. The van der Waals surface area contributed by atoms with Crippen LogP contribution in [0.5, 0.6) is 5.75 Å². The molecule has 144 valence electrons. The lowest BCUT2D eigenvalue weighted by Gasteiger charge is -2.37. The third kappa shape index (κ3) is 4.60. The second-order valence-corrected chi connectivity index (χ2v) is 7.06. The quantitative estimate of drug-likeness (QED) is 0.865. The van der Waals surface area contributed by atoms with Crippen molar-refractivity contribution in [3.8, 4) is 5.75 Å². The van der Waals surface area contributed by atoms with Gasteiger partial charge in [-0.15, -0.1) is 0 Å². The number of carbonyl (C=O) groups is 1. The van der Waals surface area contributed by atoms with Crippen LogP contribution in [0.2, 0.25) is 5.02 Å². The third-order valence-electron chi connectivity index (χ3n) is 4.85. The number of hydrogen-bond donors (Lipinski definition) is 1. The van der Waals surface area contributed by atoms with E-state index in [1.165, 1.54) is 0 Å². The van der Waals surface area contributed by atoms with Crippen molar-refractivity contribution >= 4 is 29.1 Å². The van der Waals surface area contributed by atoms with Gasteiger partial charge >= 0.3 is 6.03 Å². The lowest BCUT2D eigenvalue weighted by Crippen LogP contribution is -2.47. The number of nitrogens with one attached hydrogen (secondary N) is 1. The first-order valence-corrected chi connectivity index (χ1v) is 9.26. The van der Waals surface area contributed by atoms with E-state index in [-0.39, 0.29) is 6.03 Å². The van der Waals surface area contributed by atoms with E-state index in [0.29, 0.717) is 35.6 Å². The Morgan fingerprint density at radius 3 is 2.70 bits per heavy atom. The Balaban J connectivity index is 1.59. The topological polar surface area (TPSA) is 70.6 Å². The van der Waals surface area contributed by atoms with Gasteiger partial charge in [-0.25, -0.2) is 14.8 Å². The molecule has 0 spiro atoms. The highest BCUT2D eigenvalue weighted by molar-refractivity contribution is 6.31. The number of rotatable bonds is 4. The number of hydrogen-bond acceptors (Lipinski definition) is 5. The molecule has 3 rings (SSSR count). The van der Waals surface area contributed by atoms with Gasteiger partial charge in [-0.05, 0) is 38.0 Å². The van der Waals surface area contributed by atoms with E-state index in [9.17, 15) is 4.79 Å². The predicted molar refractivity (Wildman–Crippen MR) is 107 cm³/mol. The Kier molecular flexibility index (Phi) is 6.01. The summed E-state index contributed by atoms with van der Waals surface area (Å²) >= 11 is 6.03. The van der Waals surface area contributed by atoms with Crippen LogP contribution in [0.1, 0.15) is 18.5 Å². The van der Waals surface area contributed by atoms with Gasteiger partial charge in [0.15, 0.2) is 0 Å². The van der Waals surface area contributed by atoms with Gasteiger partial charge in [0.25, 0.3) is 0 Å². The number of carbonyl (C=O) groups excluding carboxylic acids is 1. The summed E-state index contributed by atoms with van der Waals surface area (Å²) in [6.45, 7) is 3.30. The fourth-order valence-corrected chi connectivity index (χ4v) is 3.42. The molecule has 1 aliphatic heterocycles. The Labute approximate surface area is 164 Å². The van der Waals surface area contributed by atoms with Gasteiger partial charge in [0, 0.05) is 43.0 Å². The molecule has 1 N–H and O–H groups in total. The van der Waals surface area contributed by atoms with Crippen molar-refractivity contribution in [1.82, 2.24) is 14.9 Å². The molecule has 1 aromatic heterocycles. The number of benzene rings is 1. The number of methoxy groups -OCH3 is 1. The minimum atomic E-state index is -0.144. The summed E-state index contributed by atoms with van der Waals surface area (Å²) < 4.78 is 5.29. The lowest BCUT2D eigenvalue weighted by molar-refractivity contribution is 0.194. The summed E-state index contributed by atoms with van der Waals surface area (Å²) in [6.07, 6.45) is 3.33. The van der Waals surface area contributed by atoms with Gasteiger partial charge in [-0.2, -0.15) is 0 Å². The Bertz CT molecular complexity index is 808. The molecule has 0 radical (unpaired) electrons. The standard InChI is InChI=1S/C19H24ClN5O2/c1-13-10-18(22-12-21-13)24(2)15-6-8-25(9-7-15)19(26)23-16-11-14(20)4-5-17(16)27-3/h4-5,10-12,15H,6-9H2,1-3H3,(H,23,26). The minimum Gasteiger partial charge on any atom is -0.495 e. The van der Waals surface area contributed by atoms with Crippen molar-refractivity contribution < 1.29 is 9.53 Å². The van der Waals surface area contributed by atoms with E-state index in [2.05, 4.69) is 20.2 Å². The van der Waals surface area contributed by atoms with Gasteiger partial charge in [0.2, 0.25) is 0 Å². The average molecular weight is 390 g/mol. The molecule has 1 aliphatic rings. The monoisotopic (exact) mass is 389 g/mol. The van der Waals surface area contributed by atoms with Crippen LogP contribution in [0, 0.1) is 6.92 Å². The summed E-state index contributed by atoms with van der Waals surface area (Å²) in [5.74, 6) is 1.50. The van der Waals surface area contributed by atoms with Crippen LogP contribution in [0.3, 0.4) is 0 Å². The molecular weight excluding hydrogens is 366 g/mol. The second kappa shape index (κ2) is 8.43. The molecule has 1 aromatic carbocycles. The van der Waals surface area contributed by atoms with Crippen LogP contribution in [-0.4, -0.2) is 54.2 Å². The van der Waals surface area contributed by atoms with Crippen molar-refractivity contribution in [3.05, 3.63) is 41.3 Å². The molecule has 1 saturated heterocycles. The van der Waals surface area contributed by atoms with E-state index in [1.807, 2.05) is 24.9 Å². The largest absolute Gasteiger partial charge is 0.495 e. The SMILES string of the molecule is COc1ccc(Cl)cc1NC(=O)N1CCC(N(C)c2cc(C)ncn2)CC1. The number of urea groups is 1. The first-order chi connectivity index (χ1) is 13.0. The fourth-order valence-electron chi connectivity index (χ4n) is 3.25. The summed E-state index contributed by atoms with van der Waals surface area (Å²) in [5.41, 5.74) is 1.52. The van der Waals surface area contributed by atoms with Crippen LogP contribution >= 0.6 is 11.6 Å². The highest BCUT2D eigenvalue weighted by Crippen LogP contribution is 2.28. The smallest absolute Gasteiger partial charge is 0.321 e.